The molecule has 6 nitrogen and oxygen atoms in total. The van der Waals surface area contributed by atoms with Gasteiger partial charge in [0.25, 0.3) is 0 Å². The Kier molecular flexibility index (Phi) is 8.60. The van der Waals surface area contributed by atoms with Gasteiger partial charge in [-0.1, -0.05) is 13.8 Å². The molecule has 3 amide bonds. The van der Waals surface area contributed by atoms with Crippen molar-refractivity contribution in [2.45, 2.75) is 66.6 Å². The summed E-state index contributed by atoms with van der Waals surface area (Å²) in [6.45, 7) is 12.4. The van der Waals surface area contributed by atoms with Crippen LogP contribution in [0.2, 0.25) is 0 Å². The quantitative estimate of drug-likeness (QED) is 0.719. The zero-order valence-electron chi connectivity index (χ0n) is 18.1. The Morgan fingerprint density at radius 3 is 2.15 bits per heavy atom. The molecule has 0 radical (unpaired) electrons. The molecule has 1 aromatic rings. The Hall–Kier alpha value is -2.24. The van der Waals surface area contributed by atoms with Crippen LogP contribution in [-0.2, 0) is 11.3 Å². The van der Waals surface area contributed by atoms with Crippen molar-refractivity contribution >= 4 is 23.3 Å². The van der Waals surface area contributed by atoms with Gasteiger partial charge in [0.2, 0.25) is 5.91 Å². The minimum absolute atomic E-state index is 0.00631. The van der Waals surface area contributed by atoms with Crippen LogP contribution in [0.15, 0.2) is 18.2 Å². The molecular formula is C21H36N4O2. The number of anilines is 2. The summed E-state index contributed by atoms with van der Waals surface area (Å²) in [7, 11) is 3.95. The third kappa shape index (κ3) is 7.49. The molecule has 0 aliphatic rings. The molecule has 0 fully saturated rings. The van der Waals surface area contributed by atoms with Crippen LogP contribution in [0.5, 0.6) is 0 Å². The van der Waals surface area contributed by atoms with Gasteiger partial charge in [0.15, 0.2) is 0 Å². The number of hydrogen-bond acceptors (Lipinski definition) is 3. The summed E-state index contributed by atoms with van der Waals surface area (Å²) < 4.78 is 0. The fraction of sp³-hybridized carbons (Fsp3) is 0.619. The molecule has 0 aliphatic heterocycles. The lowest BCUT2D eigenvalue weighted by atomic mass is 10.1. The number of hydrogen-bond donors (Lipinski definition) is 2. The molecule has 0 unspecified atom stereocenters. The summed E-state index contributed by atoms with van der Waals surface area (Å²) in [5, 5.41) is 5.93. The van der Waals surface area contributed by atoms with Crippen LogP contribution in [0.3, 0.4) is 0 Å². The molecule has 0 saturated heterocycles. The highest BCUT2D eigenvalue weighted by molar-refractivity contribution is 5.91. The molecule has 2 N–H and O–H groups in total. The minimum atomic E-state index is -0.0843. The Labute approximate surface area is 164 Å². The van der Waals surface area contributed by atoms with Gasteiger partial charge >= 0.3 is 6.03 Å². The normalized spacial score (nSPS) is 11.1. The van der Waals surface area contributed by atoms with Crippen molar-refractivity contribution in [2.75, 3.05) is 24.3 Å². The first-order chi connectivity index (χ1) is 12.5. The third-order valence-electron chi connectivity index (χ3n) is 4.08. The second kappa shape index (κ2) is 10.2. The van der Waals surface area contributed by atoms with Crippen molar-refractivity contribution in [1.82, 2.24) is 10.2 Å². The fourth-order valence-electron chi connectivity index (χ4n) is 2.81. The van der Waals surface area contributed by atoms with Gasteiger partial charge in [-0.2, -0.15) is 0 Å². The zero-order chi connectivity index (χ0) is 20.7. The lowest BCUT2D eigenvalue weighted by Crippen LogP contribution is -2.45. The van der Waals surface area contributed by atoms with E-state index in [0.29, 0.717) is 18.9 Å². The first kappa shape index (κ1) is 22.8. The third-order valence-corrected chi connectivity index (χ3v) is 4.08. The fourth-order valence-corrected chi connectivity index (χ4v) is 2.81. The van der Waals surface area contributed by atoms with E-state index in [1.165, 1.54) is 0 Å². The van der Waals surface area contributed by atoms with Crippen molar-refractivity contribution in [3.63, 3.8) is 0 Å². The molecule has 0 heterocycles. The van der Waals surface area contributed by atoms with E-state index in [2.05, 4.69) is 10.6 Å². The summed E-state index contributed by atoms with van der Waals surface area (Å²) in [4.78, 5) is 28.5. The topological polar surface area (TPSA) is 64.7 Å². The summed E-state index contributed by atoms with van der Waals surface area (Å²) in [5.41, 5.74) is 2.78. The van der Waals surface area contributed by atoms with Crippen LogP contribution < -0.4 is 15.5 Å². The number of carbonyl (C=O) groups is 2. The van der Waals surface area contributed by atoms with Gasteiger partial charge in [0.05, 0.1) is 0 Å². The standard InChI is InChI=1S/C21H36N4O2/c1-14(2)11-20(26)23-18-9-10-19(24(7)8)17(12-18)13-25(16(5)6)21(27)22-15(3)4/h9-10,12,14-16H,11,13H2,1-8H3,(H,22,27)(H,23,26). The molecule has 0 aromatic heterocycles. The van der Waals surface area contributed by atoms with Gasteiger partial charge in [-0.15, -0.1) is 0 Å². The summed E-state index contributed by atoms with van der Waals surface area (Å²) in [6, 6.07) is 5.90. The predicted molar refractivity (Wildman–Crippen MR) is 113 cm³/mol. The Balaban J connectivity index is 3.11. The first-order valence-corrected chi connectivity index (χ1v) is 9.68. The zero-order valence-corrected chi connectivity index (χ0v) is 18.1. The number of carbonyl (C=O) groups excluding carboxylic acids is 2. The Morgan fingerprint density at radius 2 is 1.67 bits per heavy atom. The molecule has 0 atom stereocenters. The van der Waals surface area contributed by atoms with Crippen molar-refractivity contribution in [3.8, 4) is 0 Å². The highest BCUT2D eigenvalue weighted by Gasteiger charge is 2.20. The van der Waals surface area contributed by atoms with Gasteiger partial charge in [0.1, 0.15) is 0 Å². The van der Waals surface area contributed by atoms with E-state index in [9.17, 15) is 9.59 Å². The van der Waals surface area contributed by atoms with Crippen LogP contribution in [0, 0.1) is 5.92 Å². The highest BCUT2D eigenvalue weighted by Crippen LogP contribution is 2.25. The number of nitrogens with zero attached hydrogens (tertiary/aromatic N) is 2. The van der Waals surface area contributed by atoms with Crippen LogP contribution in [-0.4, -0.2) is 43.0 Å². The van der Waals surface area contributed by atoms with Gasteiger partial charge in [-0.3, -0.25) is 4.79 Å². The molecule has 152 valence electrons. The molecule has 0 aliphatic carbocycles. The summed E-state index contributed by atoms with van der Waals surface area (Å²) >= 11 is 0. The van der Waals surface area contributed by atoms with Crippen LogP contribution in [0.25, 0.3) is 0 Å². The lowest BCUT2D eigenvalue weighted by molar-refractivity contribution is -0.116. The Bertz CT molecular complexity index is 639. The number of nitrogens with one attached hydrogen (secondary N) is 2. The number of benzene rings is 1. The average molecular weight is 377 g/mol. The van der Waals surface area contributed by atoms with E-state index in [1.54, 1.807) is 0 Å². The van der Waals surface area contributed by atoms with Gasteiger partial charge in [0, 0.05) is 50.5 Å². The van der Waals surface area contributed by atoms with Crippen molar-refractivity contribution < 1.29 is 9.59 Å². The van der Waals surface area contributed by atoms with Crippen molar-refractivity contribution in [2.24, 2.45) is 5.92 Å². The average Bonchev–Trinajstić information content (AvgIpc) is 2.50. The second-order valence-corrected chi connectivity index (χ2v) is 8.21. The molecule has 6 heteroatoms. The smallest absolute Gasteiger partial charge is 0.318 e. The number of rotatable bonds is 8. The van der Waals surface area contributed by atoms with Crippen LogP contribution in [0.1, 0.15) is 53.5 Å². The second-order valence-electron chi connectivity index (χ2n) is 8.21. The number of amides is 3. The first-order valence-electron chi connectivity index (χ1n) is 9.68. The monoisotopic (exact) mass is 376 g/mol. The number of urea groups is 1. The molecule has 1 rings (SSSR count). The summed E-state index contributed by atoms with van der Waals surface area (Å²) in [6.07, 6.45) is 0.486. The van der Waals surface area contributed by atoms with E-state index >= 15 is 0 Å². The van der Waals surface area contributed by atoms with Gasteiger partial charge in [-0.25, -0.2) is 4.79 Å². The maximum absolute atomic E-state index is 12.6. The van der Waals surface area contributed by atoms with Crippen LogP contribution >= 0.6 is 0 Å². The largest absolute Gasteiger partial charge is 0.377 e. The molecule has 0 spiro atoms. The van der Waals surface area contributed by atoms with Gasteiger partial charge in [-0.05, 0) is 57.4 Å². The molecule has 27 heavy (non-hydrogen) atoms. The van der Waals surface area contributed by atoms with Crippen molar-refractivity contribution in [1.29, 1.82) is 0 Å². The lowest BCUT2D eigenvalue weighted by Gasteiger charge is -2.30. The molecular weight excluding hydrogens is 340 g/mol. The van der Waals surface area contributed by atoms with Crippen LogP contribution in [0.4, 0.5) is 16.2 Å². The van der Waals surface area contributed by atoms with Crippen molar-refractivity contribution in [3.05, 3.63) is 23.8 Å². The van der Waals surface area contributed by atoms with E-state index in [1.807, 2.05) is 83.6 Å². The predicted octanol–water partition coefficient (Wildman–Crippen LogP) is 4.07. The SMILES string of the molecule is CC(C)CC(=O)Nc1ccc(N(C)C)c(CN(C(=O)NC(C)C)C(C)C)c1. The highest BCUT2D eigenvalue weighted by atomic mass is 16.2. The maximum Gasteiger partial charge on any atom is 0.318 e. The summed E-state index contributed by atoms with van der Waals surface area (Å²) in [5.74, 6) is 0.313. The van der Waals surface area contributed by atoms with Gasteiger partial charge < -0.3 is 20.4 Å². The van der Waals surface area contributed by atoms with E-state index in [-0.39, 0.29) is 24.0 Å². The minimum Gasteiger partial charge on any atom is -0.377 e. The van der Waals surface area contributed by atoms with E-state index in [0.717, 1.165) is 16.9 Å². The molecule has 1 aromatic carbocycles. The molecule has 0 saturated carbocycles. The van der Waals surface area contributed by atoms with E-state index in [4.69, 9.17) is 0 Å². The molecule has 0 bridgehead atoms. The maximum atomic E-state index is 12.6. The van der Waals surface area contributed by atoms with E-state index < -0.39 is 0 Å². The Morgan fingerprint density at radius 1 is 1.04 bits per heavy atom.